The highest BCUT2D eigenvalue weighted by Crippen LogP contribution is 2.24. The molecule has 2 heterocycles. The molecule has 0 aliphatic rings. The van der Waals surface area contributed by atoms with Gasteiger partial charge in [0.05, 0.1) is 18.1 Å². The Balaban J connectivity index is 1.97. The van der Waals surface area contributed by atoms with Gasteiger partial charge in [-0.05, 0) is 24.1 Å². The van der Waals surface area contributed by atoms with Crippen LogP contribution in [0.1, 0.15) is 32.0 Å². The predicted molar refractivity (Wildman–Crippen MR) is 90.2 cm³/mol. The van der Waals surface area contributed by atoms with Crippen molar-refractivity contribution in [1.29, 1.82) is 0 Å². The molecule has 2 aromatic heterocycles. The summed E-state index contributed by atoms with van der Waals surface area (Å²) in [6.45, 7) is 8.64. The summed E-state index contributed by atoms with van der Waals surface area (Å²) < 4.78 is 1.90. The first-order valence-corrected chi connectivity index (χ1v) is 7.53. The lowest BCUT2D eigenvalue weighted by molar-refractivity contribution is 0.567. The van der Waals surface area contributed by atoms with Crippen LogP contribution in [0.2, 0.25) is 0 Å². The minimum Gasteiger partial charge on any atom is -0.258 e. The second-order valence-corrected chi connectivity index (χ2v) is 6.65. The summed E-state index contributed by atoms with van der Waals surface area (Å²) >= 11 is 0. The minimum absolute atomic E-state index is 0.0581. The number of hydrogen-bond donors (Lipinski definition) is 0. The topological polar surface area (TPSA) is 30.7 Å². The number of nitrogens with zero attached hydrogens (tertiary/aromatic N) is 3. The van der Waals surface area contributed by atoms with Crippen molar-refractivity contribution < 1.29 is 0 Å². The molecule has 3 aromatic rings. The van der Waals surface area contributed by atoms with Gasteiger partial charge in [-0.2, -0.15) is 5.10 Å². The van der Waals surface area contributed by atoms with Gasteiger partial charge in [-0.15, -0.1) is 0 Å². The summed E-state index contributed by atoms with van der Waals surface area (Å²) in [7, 11) is 0. The quantitative estimate of drug-likeness (QED) is 0.694. The molecule has 0 N–H and O–H groups in total. The van der Waals surface area contributed by atoms with Crippen LogP contribution < -0.4 is 0 Å². The third kappa shape index (κ3) is 2.80. The molecule has 0 spiro atoms. The zero-order valence-corrected chi connectivity index (χ0v) is 13.5. The van der Waals surface area contributed by atoms with Gasteiger partial charge in [-0.3, -0.25) is 4.98 Å². The molecule has 0 aliphatic heterocycles. The molecule has 3 heteroatoms. The molecule has 0 bridgehead atoms. The first-order valence-electron chi connectivity index (χ1n) is 7.53. The molecule has 0 saturated carbocycles. The van der Waals surface area contributed by atoms with E-state index in [0.29, 0.717) is 0 Å². The van der Waals surface area contributed by atoms with Gasteiger partial charge in [-0.1, -0.05) is 51.1 Å². The summed E-state index contributed by atoms with van der Waals surface area (Å²) in [5, 5.41) is 4.49. The standard InChI is InChI=1S/C19H21N3/c1-14-10-18(19(2,3)4)20-12-17(14)22-13-16(11-21-22)15-8-6-5-7-9-15/h5-13H,1-4H3. The van der Waals surface area contributed by atoms with Crippen molar-refractivity contribution in [3.8, 4) is 16.8 Å². The largest absolute Gasteiger partial charge is 0.258 e. The maximum Gasteiger partial charge on any atom is 0.0858 e. The van der Waals surface area contributed by atoms with Gasteiger partial charge in [0.1, 0.15) is 0 Å². The minimum atomic E-state index is 0.0581. The van der Waals surface area contributed by atoms with Gasteiger partial charge in [0, 0.05) is 22.9 Å². The van der Waals surface area contributed by atoms with Crippen LogP contribution in [0.3, 0.4) is 0 Å². The van der Waals surface area contributed by atoms with Crippen LogP contribution >= 0.6 is 0 Å². The lowest BCUT2D eigenvalue weighted by Crippen LogP contribution is -2.14. The lowest BCUT2D eigenvalue weighted by atomic mass is 9.91. The summed E-state index contributed by atoms with van der Waals surface area (Å²) in [6.07, 6.45) is 5.86. The number of rotatable bonds is 2. The lowest BCUT2D eigenvalue weighted by Gasteiger charge is -2.19. The molecular weight excluding hydrogens is 270 g/mol. The van der Waals surface area contributed by atoms with Crippen molar-refractivity contribution >= 4 is 0 Å². The van der Waals surface area contributed by atoms with Crippen LogP contribution in [0.5, 0.6) is 0 Å². The Labute approximate surface area is 131 Å². The molecule has 0 atom stereocenters. The van der Waals surface area contributed by atoms with Crippen LogP contribution in [0.15, 0.2) is 55.0 Å². The zero-order valence-electron chi connectivity index (χ0n) is 13.5. The van der Waals surface area contributed by atoms with E-state index >= 15 is 0 Å². The van der Waals surface area contributed by atoms with Crippen molar-refractivity contribution in [3.63, 3.8) is 0 Å². The molecule has 22 heavy (non-hydrogen) atoms. The van der Waals surface area contributed by atoms with E-state index in [1.807, 2.05) is 35.3 Å². The van der Waals surface area contributed by atoms with E-state index in [2.05, 4.69) is 62.2 Å². The average Bonchev–Trinajstić information content (AvgIpc) is 2.96. The second-order valence-electron chi connectivity index (χ2n) is 6.65. The van der Waals surface area contributed by atoms with Gasteiger partial charge < -0.3 is 0 Å². The van der Waals surface area contributed by atoms with Gasteiger partial charge in [0.2, 0.25) is 0 Å². The Morgan fingerprint density at radius 1 is 0.955 bits per heavy atom. The predicted octanol–water partition coefficient (Wildman–Crippen LogP) is 4.54. The van der Waals surface area contributed by atoms with Gasteiger partial charge in [0.15, 0.2) is 0 Å². The molecule has 0 fully saturated rings. The average molecular weight is 291 g/mol. The van der Waals surface area contributed by atoms with Crippen LogP contribution in [-0.4, -0.2) is 14.8 Å². The van der Waals surface area contributed by atoms with E-state index in [-0.39, 0.29) is 5.41 Å². The fourth-order valence-electron chi connectivity index (χ4n) is 2.43. The Morgan fingerprint density at radius 3 is 2.32 bits per heavy atom. The summed E-state index contributed by atoms with van der Waals surface area (Å²) in [5.74, 6) is 0. The molecule has 1 aromatic carbocycles. The van der Waals surface area contributed by atoms with Crippen molar-refractivity contribution in [2.45, 2.75) is 33.1 Å². The second kappa shape index (κ2) is 5.41. The Bertz CT molecular complexity index is 780. The fraction of sp³-hybridized carbons (Fsp3) is 0.263. The Kier molecular flexibility index (Phi) is 3.57. The number of aromatic nitrogens is 3. The van der Waals surface area contributed by atoms with Crippen molar-refractivity contribution in [2.24, 2.45) is 0 Å². The third-order valence-electron chi connectivity index (χ3n) is 3.79. The van der Waals surface area contributed by atoms with Crippen LogP contribution in [0.25, 0.3) is 16.8 Å². The molecule has 3 nitrogen and oxygen atoms in total. The molecule has 0 unspecified atom stereocenters. The monoisotopic (exact) mass is 291 g/mol. The van der Waals surface area contributed by atoms with E-state index in [1.54, 1.807) is 0 Å². The van der Waals surface area contributed by atoms with E-state index < -0.39 is 0 Å². The highest BCUT2D eigenvalue weighted by Gasteiger charge is 2.16. The Hall–Kier alpha value is -2.42. The SMILES string of the molecule is Cc1cc(C(C)(C)C)ncc1-n1cc(-c2ccccc2)cn1. The maximum absolute atomic E-state index is 4.61. The highest BCUT2D eigenvalue weighted by atomic mass is 15.3. The smallest absolute Gasteiger partial charge is 0.0858 e. The first kappa shape index (κ1) is 14.5. The number of aryl methyl sites for hydroxylation is 1. The van der Waals surface area contributed by atoms with Gasteiger partial charge in [0.25, 0.3) is 0 Å². The maximum atomic E-state index is 4.61. The number of benzene rings is 1. The summed E-state index contributed by atoms with van der Waals surface area (Å²) in [6, 6.07) is 12.4. The van der Waals surface area contributed by atoms with Crippen LogP contribution in [0, 0.1) is 6.92 Å². The number of pyridine rings is 1. The van der Waals surface area contributed by atoms with E-state index in [1.165, 1.54) is 11.1 Å². The first-order chi connectivity index (χ1) is 10.4. The molecule has 0 saturated heterocycles. The van der Waals surface area contributed by atoms with Gasteiger partial charge in [-0.25, -0.2) is 4.68 Å². The van der Waals surface area contributed by atoms with E-state index in [4.69, 9.17) is 0 Å². The third-order valence-corrected chi connectivity index (χ3v) is 3.79. The normalized spacial score (nSPS) is 11.6. The molecule has 112 valence electrons. The van der Waals surface area contributed by atoms with Gasteiger partial charge >= 0.3 is 0 Å². The van der Waals surface area contributed by atoms with Crippen molar-refractivity contribution in [3.05, 3.63) is 66.2 Å². The summed E-state index contributed by atoms with van der Waals surface area (Å²) in [5.41, 5.74) is 5.65. The summed E-state index contributed by atoms with van der Waals surface area (Å²) in [4.78, 5) is 4.61. The van der Waals surface area contributed by atoms with Crippen LogP contribution in [-0.2, 0) is 5.41 Å². The van der Waals surface area contributed by atoms with Crippen molar-refractivity contribution in [1.82, 2.24) is 14.8 Å². The van der Waals surface area contributed by atoms with E-state index in [9.17, 15) is 0 Å². The fourth-order valence-corrected chi connectivity index (χ4v) is 2.43. The zero-order chi connectivity index (χ0) is 15.7. The molecular formula is C19H21N3. The molecule has 3 rings (SSSR count). The van der Waals surface area contributed by atoms with Crippen LogP contribution in [0.4, 0.5) is 0 Å². The van der Waals surface area contributed by atoms with E-state index in [0.717, 1.165) is 16.9 Å². The highest BCUT2D eigenvalue weighted by molar-refractivity contribution is 5.62. The Morgan fingerprint density at radius 2 is 1.68 bits per heavy atom. The van der Waals surface area contributed by atoms with Crippen molar-refractivity contribution in [2.75, 3.05) is 0 Å². The molecule has 0 aliphatic carbocycles. The number of hydrogen-bond acceptors (Lipinski definition) is 2. The molecule has 0 radical (unpaired) electrons. The molecule has 0 amide bonds.